The van der Waals surface area contributed by atoms with Crippen molar-refractivity contribution < 1.29 is 4.74 Å². The van der Waals surface area contributed by atoms with E-state index in [1.165, 1.54) is 32.1 Å². The minimum atomic E-state index is 0.231. The summed E-state index contributed by atoms with van der Waals surface area (Å²) in [7, 11) is 4.36. The summed E-state index contributed by atoms with van der Waals surface area (Å²) in [5.74, 6) is 3.88. The van der Waals surface area contributed by atoms with Crippen molar-refractivity contribution >= 4 is 11.6 Å². The summed E-state index contributed by atoms with van der Waals surface area (Å²) in [4.78, 5) is 16.9. The average Bonchev–Trinajstić information content (AvgIpc) is 3.21. The Labute approximate surface area is 179 Å². The summed E-state index contributed by atoms with van der Waals surface area (Å²) >= 11 is 0. The number of piperazine rings is 1. The minimum Gasteiger partial charge on any atom is -0.474 e. The number of likely N-dealkylation sites (N-methyl/N-ethyl adjacent to an activating group) is 1. The van der Waals surface area contributed by atoms with Gasteiger partial charge in [-0.25, -0.2) is 0 Å². The molecule has 0 N–H and O–H groups in total. The van der Waals surface area contributed by atoms with Crippen molar-refractivity contribution in [3.63, 3.8) is 0 Å². The van der Waals surface area contributed by atoms with Crippen LogP contribution < -0.4 is 9.64 Å². The highest BCUT2D eigenvalue weighted by Crippen LogP contribution is 2.32. The van der Waals surface area contributed by atoms with Gasteiger partial charge >= 0.3 is 0 Å². The summed E-state index contributed by atoms with van der Waals surface area (Å²) < 4.78 is 8.39. The molecule has 2 aliphatic heterocycles. The SMILES string of the molecule is CN1CCC(Oc2cc(N3CCN(C)CC3)nc3nc(C4CCCCC4)nn23)CC1. The first kappa shape index (κ1) is 20.0. The van der Waals surface area contributed by atoms with Gasteiger partial charge in [0.1, 0.15) is 11.9 Å². The lowest BCUT2D eigenvalue weighted by atomic mass is 9.89. The van der Waals surface area contributed by atoms with E-state index in [9.17, 15) is 0 Å². The lowest BCUT2D eigenvalue weighted by Crippen LogP contribution is -2.44. The van der Waals surface area contributed by atoms with Crippen LogP contribution in [0.2, 0.25) is 0 Å². The molecule has 4 heterocycles. The smallest absolute Gasteiger partial charge is 0.257 e. The lowest BCUT2D eigenvalue weighted by molar-refractivity contribution is 0.107. The van der Waals surface area contributed by atoms with Gasteiger partial charge in [0.15, 0.2) is 5.82 Å². The zero-order chi connectivity index (χ0) is 20.5. The van der Waals surface area contributed by atoms with E-state index in [2.05, 4.69) is 34.9 Å². The molecule has 0 amide bonds. The number of nitrogens with zero attached hydrogens (tertiary/aromatic N) is 7. The van der Waals surface area contributed by atoms with Crippen molar-refractivity contribution in [3.05, 3.63) is 11.9 Å². The summed E-state index contributed by atoms with van der Waals surface area (Å²) in [5, 5.41) is 4.90. The second-order valence-electron chi connectivity index (χ2n) is 9.38. The van der Waals surface area contributed by atoms with Crippen molar-refractivity contribution in [3.8, 4) is 5.88 Å². The van der Waals surface area contributed by atoms with Crippen LogP contribution >= 0.6 is 0 Å². The highest BCUT2D eigenvalue weighted by Gasteiger charge is 2.25. The normalized spacial score (nSPS) is 23.3. The molecule has 2 aromatic heterocycles. The topological polar surface area (TPSA) is 62.0 Å². The van der Waals surface area contributed by atoms with Crippen LogP contribution in [0, 0.1) is 0 Å². The molecule has 5 rings (SSSR count). The van der Waals surface area contributed by atoms with Crippen LogP contribution in [0.25, 0.3) is 5.78 Å². The van der Waals surface area contributed by atoms with Crippen LogP contribution in [0.5, 0.6) is 5.88 Å². The first-order chi connectivity index (χ1) is 14.7. The van der Waals surface area contributed by atoms with E-state index in [0.29, 0.717) is 11.7 Å². The first-order valence-electron chi connectivity index (χ1n) is 11.7. The largest absolute Gasteiger partial charge is 0.474 e. The Hall–Kier alpha value is -1.93. The molecule has 1 aliphatic carbocycles. The molecule has 0 atom stereocenters. The molecule has 2 saturated heterocycles. The zero-order valence-corrected chi connectivity index (χ0v) is 18.5. The van der Waals surface area contributed by atoms with Gasteiger partial charge in [-0.3, -0.25) is 0 Å². The quantitative estimate of drug-likeness (QED) is 0.763. The van der Waals surface area contributed by atoms with Crippen molar-refractivity contribution in [1.82, 2.24) is 29.4 Å². The van der Waals surface area contributed by atoms with Crippen LogP contribution in [0.1, 0.15) is 56.7 Å². The molecule has 2 aromatic rings. The highest BCUT2D eigenvalue weighted by molar-refractivity contribution is 5.49. The molecule has 8 heteroatoms. The Kier molecular flexibility index (Phi) is 5.78. The van der Waals surface area contributed by atoms with Gasteiger partial charge in [0.2, 0.25) is 5.88 Å². The average molecular weight is 414 g/mol. The fraction of sp³-hybridized carbons (Fsp3) is 0.773. The van der Waals surface area contributed by atoms with E-state index < -0.39 is 0 Å². The maximum atomic E-state index is 6.53. The molecule has 0 aromatic carbocycles. The molecular formula is C22H35N7O. The van der Waals surface area contributed by atoms with E-state index in [4.69, 9.17) is 19.8 Å². The van der Waals surface area contributed by atoms with Crippen LogP contribution in [0.15, 0.2) is 6.07 Å². The van der Waals surface area contributed by atoms with Gasteiger partial charge in [-0.2, -0.15) is 14.5 Å². The van der Waals surface area contributed by atoms with Gasteiger partial charge in [0, 0.05) is 51.3 Å². The number of piperidine rings is 1. The molecule has 0 spiro atoms. The summed E-state index contributed by atoms with van der Waals surface area (Å²) in [6.07, 6.45) is 8.59. The molecule has 0 radical (unpaired) electrons. The van der Waals surface area contributed by atoms with Gasteiger partial charge in [-0.15, -0.1) is 5.10 Å². The van der Waals surface area contributed by atoms with Gasteiger partial charge < -0.3 is 19.4 Å². The Balaban J connectivity index is 1.46. The Morgan fingerprint density at radius 2 is 1.53 bits per heavy atom. The third-order valence-electron chi connectivity index (χ3n) is 7.03. The predicted octanol–water partition coefficient (Wildman–Crippen LogP) is 2.40. The van der Waals surface area contributed by atoms with Gasteiger partial charge in [-0.1, -0.05) is 19.3 Å². The third kappa shape index (κ3) is 4.25. The van der Waals surface area contributed by atoms with Gasteiger partial charge in [0.25, 0.3) is 5.78 Å². The molecule has 3 aliphatic rings. The molecule has 3 fully saturated rings. The highest BCUT2D eigenvalue weighted by atomic mass is 16.5. The number of anilines is 1. The number of ether oxygens (including phenoxy) is 1. The molecule has 1 saturated carbocycles. The van der Waals surface area contributed by atoms with Crippen molar-refractivity contribution in [1.29, 1.82) is 0 Å². The van der Waals surface area contributed by atoms with E-state index in [-0.39, 0.29) is 6.10 Å². The van der Waals surface area contributed by atoms with E-state index >= 15 is 0 Å². The maximum absolute atomic E-state index is 6.53. The summed E-state index contributed by atoms with van der Waals surface area (Å²) in [5.41, 5.74) is 0. The molecule has 164 valence electrons. The van der Waals surface area contributed by atoms with Crippen LogP contribution in [-0.2, 0) is 0 Å². The Morgan fingerprint density at radius 3 is 2.27 bits per heavy atom. The third-order valence-corrected chi connectivity index (χ3v) is 7.03. The molecular weight excluding hydrogens is 378 g/mol. The molecule has 0 bridgehead atoms. The van der Waals surface area contributed by atoms with Crippen molar-refractivity contribution in [2.24, 2.45) is 0 Å². The van der Waals surface area contributed by atoms with E-state index in [0.717, 1.165) is 69.6 Å². The summed E-state index contributed by atoms with van der Waals surface area (Å²) in [6, 6.07) is 2.09. The molecule has 0 unspecified atom stereocenters. The second-order valence-corrected chi connectivity index (χ2v) is 9.38. The van der Waals surface area contributed by atoms with Crippen LogP contribution in [0.4, 0.5) is 5.82 Å². The predicted molar refractivity (Wildman–Crippen MR) is 117 cm³/mol. The second kappa shape index (κ2) is 8.67. The van der Waals surface area contributed by atoms with Crippen molar-refractivity contribution in [2.45, 2.75) is 57.0 Å². The van der Waals surface area contributed by atoms with E-state index in [1.54, 1.807) is 0 Å². The number of aromatic nitrogens is 4. The monoisotopic (exact) mass is 413 g/mol. The Bertz CT molecular complexity index is 847. The number of hydrogen-bond donors (Lipinski definition) is 0. The first-order valence-corrected chi connectivity index (χ1v) is 11.7. The molecule has 8 nitrogen and oxygen atoms in total. The minimum absolute atomic E-state index is 0.231. The van der Waals surface area contributed by atoms with Gasteiger partial charge in [0.05, 0.1) is 0 Å². The zero-order valence-electron chi connectivity index (χ0n) is 18.5. The van der Waals surface area contributed by atoms with Gasteiger partial charge in [-0.05, 0) is 39.8 Å². The molecule has 30 heavy (non-hydrogen) atoms. The Morgan fingerprint density at radius 1 is 0.833 bits per heavy atom. The maximum Gasteiger partial charge on any atom is 0.257 e. The number of likely N-dealkylation sites (tertiary alicyclic amines) is 1. The number of rotatable bonds is 4. The van der Waals surface area contributed by atoms with Crippen LogP contribution in [-0.4, -0.2) is 88.8 Å². The summed E-state index contributed by atoms with van der Waals surface area (Å²) in [6.45, 7) is 6.23. The standard InChI is InChI=1S/C22H35N7O/c1-26-10-8-18(9-11-26)30-20-16-19(28-14-12-27(2)13-15-28)23-22-24-21(25-29(20)22)17-6-4-3-5-7-17/h16-18H,3-15H2,1-2H3. The fourth-order valence-electron chi connectivity index (χ4n) is 4.93. The lowest BCUT2D eigenvalue weighted by Gasteiger charge is -2.33. The number of fused-ring (bicyclic) bond motifs is 1. The number of hydrogen-bond acceptors (Lipinski definition) is 7. The fourth-order valence-corrected chi connectivity index (χ4v) is 4.93. The van der Waals surface area contributed by atoms with E-state index in [1.807, 2.05) is 4.52 Å². The van der Waals surface area contributed by atoms with Crippen molar-refractivity contribution in [2.75, 3.05) is 58.3 Å². The van der Waals surface area contributed by atoms with Crippen LogP contribution in [0.3, 0.4) is 0 Å².